The average molecular weight is 235 g/mol. The average Bonchev–Trinajstić information content (AvgIpc) is 2.28. The molecule has 0 amide bonds. The van der Waals surface area contributed by atoms with E-state index in [1.807, 2.05) is 18.8 Å². The molecule has 1 N–H and O–H groups in total. The first kappa shape index (κ1) is 13.3. The Morgan fingerprint density at radius 1 is 1.31 bits per heavy atom. The highest BCUT2D eigenvalue weighted by atomic mass is 32.2. The van der Waals surface area contributed by atoms with Gasteiger partial charge in [0.1, 0.15) is 0 Å². The van der Waals surface area contributed by atoms with Crippen LogP contribution in [0.3, 0.4) is 0 Å². The van der Waals surface area contributed by atoms with Gasteiger partial charge in [0, 0.05) is 16.7 Å². The third kappa shape index (κ3) is 4.42. The second-order valence-electron chi connectivity index (χ2n) is 4.17. The molecule has 0 aliphatic carbocycles. The first-order chi connectivity index (χ1) is 7.63. The van der Waals surface area contributed by atoms with Crippen LogP contribution < -0.4 is 5.32 Å². The molecule has 2 heteroatoms. The molecule has 1 aromatic carbocycles. The van der Waals surface area contributed by atoms with Crippen LogP contribution in [0.15, 0.2) is 40.8 Å². The molecule has 0 spiro atoms. The Kier molecular flexibility index (Phi) is 5.64. The van der Waals surface area contributed by atoms with E-state index in [2.05, 4.69) is 56.4 Å². The van der Waals surface area contributed by atoms with Crippen LogP contribution in [0, 0.1) is 0 Å². The van der Waals surface area contributed by atoms with E-state index < -0.39 is 0 Å². The van der Waals surface area contributed by atoms with E-state index in [4.69, 9.17) is 0 Å². The molecular formula is C14H21NS. The second-order valence-corrected chi connectivity index (χ2v) is 5.27. The quantitative estimate of drug-likeness (QED) is 0.611. The van der Waals surface area contributed by atoms with Crippen LogP contribution >= 0.6 is 11.8 Å². The third-order valence-electron chi connectivity index (χ3n) is 2.55. The van der Waals surface area contributed by atoms with Gasteiger partial charge in [0.2, 0.25) is 0 Å². The Labute approximate surface area is 103 Å². The topological polar surface area (TPSA) is 12.0 Å². The van der Waals surface area contributed by atoms with Gasteiger partial charge < -0.3 is 5.32 Å². The molecule has 1 unspecified atom stereocenters. The molecule has 0 saturated heterocycles. The fourth-order valence-corrected chi connectivity index (χ4v) is 2.26. The van der Waals surface area contributed by atoms with Gasteiger partial charge in [0.05, 0.1) is 0 Å². The molecule has 0 heterocycles. The summed E-state index contributed by atoms with van der Waals surface area (Å²) in [6, 6.07) is 9.23. The van der Waals surface area contributed by atoms with Gasteiger partial charge in [0.15, 0.2) is 0 Å². The number of nitrogens with one attached hydrogen (secondary N) is 1. The molecule has 1 aromatic rings. The van der Waals surface area contributed by atoms with Crippen LogP contribution in [0.25, 0.3) is 0 Å². The van der Waals surface area contributed by atoms with Crippen molar-refractivity contribution >= 4 is 11.8 Å². The summed E-state index contributed by atoms with van der Waals surface area (Å²) < 4.78 is 0. The predicted octanol–water partition coefficient (Wildman–Crippen LogP) is 4.03. The molecule has 1 atom stereocenters. The van der Waals surface area contributed by atoms with E-state index in [1.54, 1.807) is 0 Å². The van der Waals surface area contributed by atoms with Crippen molar-refractivity contribution in [3.8, 4) is 0 Å². The zero-order valence-corrected chi connectivity index (χ0v) is 11.4. The molecule has 0 fully saturated rings. The Hall–Kier alpha value is -0.730. The van der Waals surface area contributed by atoms with Gasteiger partial charge in [-0.15, -0.1) is 11.8 Å². The van der Waals surface area contributed by atoms with Crippen LogP contribution in [0.2, 0.25) is 0 Å². The van der Waals surface area contributed by atoms with Crippen LogP contribution in [0.1, 0.15) is 32.4 Å². The Balaban J connectivity index is 2.54. The molecular weight excluding hydrogens is 214 g/mol. The standard InChI is InChI=1S/C14H21NS/c1-11(2)9-10-16-14-7-5-13(6-8-14)12(3)15-4/h5-9,12,15H,10H2,1-4H3. The highest BCUT2D eigenvalue weighted by Crippen LogP contribution is 2.21. The van der Waals surface area contributed by atoms with E-state index >= 15 is 0 Å². The molecule has 0 saturated carbocycles. The lowest BCUT2D eigenvalue weighted by molar-refractivity contribution is 0.652. The molecule has 0 bridgehead atoms. The lowest BCUT2D eigenvalue weighted by Crippen LogP contribution is -2.11. The van der Waals surface area contributed by atoms with E-state index in [9.17, 15) is 0 Å². The summed E-state index contributed by atoms with van der Waals surface area (Å²) >= 11 is 1.88. The molecule has 0 aliphatic rings. The first-order valence-corrected chi connectivity index (χ1v) is 6.65. The normalized spacial score (nSPS) is 12.2. The maximum atomic E-state index is 3.24. The van der Waals surface area contributed by atoms with E-state index in [0.717, 1.165) is 5.75 Å². The fourth-order valence-electron chi connectivity index (χ4n) is 1.32. The third-order valence-corrected chi connectivity index (χ3v) is 3.49. The Morgan fingerprint density at radius 3 is 2.44 bits per heavy atom. The Morgan fingerprint density at radius 2 is 1.94 bits per heavy atom. The monoisotopic (exact) mass is 235 g/mol. The molecule has 1 rings (SSSR count). The van der Waals surface area contributed by atoms with Crippen LogP contribution in [0.4, 0.5) is 0 Å². The van der Waals surface area contributed by atoms with Crippen LogP contribution in [-0.2, 0) is 0 Å². The number of hydrogen-bond acceptors (Lipinski definition) is 2. The summed E-state index contributed by atoms with van der Waals surface area (Å²) in [7, 11) is 1.99. The van der Waals surface area contributed by atoms with Gasteiger partial charge in [-0.25, -0.2) is 0 Å². The predicted molar refractivity (Wildman–Crippen MR) is 74.1 cm³/mol. The minimum atomic E-state index is 0.428. The zero-order valence-electron chi connectivity index (χ0n) is 10.6. The summed E-state index contributed by atoms with van der Waals surface area (Å²) in [5.41, 5.74) is 2.72. The number of hydrogen-bond donors (Lipinski definition) is 1. The summed E-state index contributed by atoms with van der Waals surface area (Å²) in [5, 5.41) is 3.24. The maximum absolute atomic E-state index is 3.24. The second kappa shape index (κ2) is 6.77. The smallest absolute Gasteiger partial charge is 0.0289 e. The number of thioether (sulfide) groups is 1. The molecule has 1 nitrogen and oxygen atoms in total. The molecule has 0 aliphatic heterocycles. The Bertz CT molecular complexity index is 336. The summed E-state index contributed by atoms with van der Waals surface area (Å²) in [6.45, 7) is 6.45. The van der Waals surface area contributed by atoms with Crippen molar-refractivity contribution in [1.29, 1.82) is 0 Å². The van der Waals surface area contributed by atoms with Crippen LogP contribution in [0.5, 0.6) is 0 Å². The van der Waals surface area contributed by atoms with Crippen LogP contribution in [-0.4, -0.2) is 12.8 Å². The minimum Gasteiger partial charge on any atom is -0.313 e. The summed E-state index contributed by atoms with van der Waals surface area (Å²) in [4.78, 5) is 1.34. The van der Waals surface area contributed by atoms with Crippen molar-refractivity contribution in [1.82, 2.24) is 5.32 Å². The number of allylic oxidation sites excluding steroid dienone is 1. The van der Waals surface area contributed by atoms with Gasteiger partial charge in [-0.1, -0.05) is 23.8 Å². The van der Waals surface area contributed by atoms with E-state index in [1.165, 1.54) is 16.0 Å². The number of benzene rings is 1. The van der Waals surface area contributed by atoms with Crippen molar-refractivity contribution in [2.24, 2.45) is 0 Å². The van der Waals surface area contributed by atoms with Gasteiger partial charge in [-0.3, -0.25) is 0 Å². The zero-order chi connectivity index (χ0) is 12.0. The maximum Gasteiger partial charge on any atom is 0.0289 e. The van der Waals surface area contributed by atoms with Crippen molar-refractivity contribution in [3.05, 3.63) is 41.5 Å². The lowest BCUT2D eigenvalue weighted by Gasteiger charge is -2.10. The van der Waals surface area contributed by atoms with E-state index in [0.29, 0.717) is 6.04 Å². The minimum absolute atomic E-state index is 0.428. The number of rotatable bonds is 5. The highest BCUT2D eigenvalue weighted by Gasteiger charge is 2.01. The van der Waals surface area contributed by atoms with Gasteiger partial charge in [-0.05, 0) is 45.5 Å². The fraction of sp³-hybridized carbons (Fsp3) is 0.429. The molecule has 0 aromatic heterocycles. The van der Waals surface area contributed by atoms with Crippen molar-refractivity contribution in [2.75, 3.05) is 12.8 Å². The van der Waals surface area contributed by atoms with Gasteiger partial charge >= 0.3 is 0 Å². The molecule has 16 heavy (non-hydrogen) atoms. The van der Waals surface area contributed by atoms with Crippen molar-refractivity contribution in [3.63, 3.8) is 0 Å². The summed E-state index contributed by atoms with van der Waals surface area (Å²) in [6.07, 6.45) is 2.26. The molecule has 0 radical (unpaired) electrons. The molecule has 88 valence electrons. The first-order valence-electron chi connectivity index (χ1n) is 5.67. The van der Waals surface area contributed by atoms with Gasteiger partial charge in [0.25, 0.3) is 0 Å². The van der Waals surface area contributed by atoms with Crippen molar-refractivity contribution < 1.29 is 0 Å². The largest absolute Gasteiger partial charge is 0.313 e. The summed E-state index contributed by atoms with van der Waals surface area (Å²) in [5.74, 6) is 1.06. The lowest BCUT2D eigenvalue weighted by atomic mass is 10.1. The van der Waals surface area contributed by atoms with Gasteiger partial charge in [-0.2, -0.15) is 0 Å². The highest BCUT2D eigenvalue weighted by molar-refractivity contribution is 7.99. The SMILES string of the molecule is CNC(C)c1ccc(SCC=C(C)C)cc1. The van der Waals surface area contributed by atoms with E-state index in [-0.39, 0.29) is 0 Å². The van der Waals surface area contributed by atoms with Crippen molar-refractivity contribution in [2.45, 2.75) is 31.7 Å².